The molecule has 1 aromatic rings. The average Bonchev–Trinajstić information content (AvgIpc) is 2.40. The SMILES string of the molecule is CN=C(NC)NCC(C)Oc1cccc(OC)c1.I. The van der Waals surface area contributed by atoms with Crippen LogP contribution in [-0.4, -0.2) is 39.8 Å². The van der Waals surface area contributed by atoms with Crippen LogP contribution in [0.3, 0.4) is 0 Å². The van der Waals surface area contributed by atoms with Crippen LogP contribution in [0, 0.1) is 0 Å². The molecule has 1 aromatic carbocycles. The molecule has 0 heterocycles. The third-order valence-corrected chi connectivity index (χ3v) is 2.40. The smallest absolute Gasteiger partial charge is 0.190 e. The van der Waals surface area contributed by atoms with Crippen LogP contribution in [0.25, 0.3) is 0 Å². The number of aliphatic imine (C=N–C) groups is 1. The zero-order valence-electron chi connectivity index (χ0n) is 11.8. The predicted octanol–water partition coefficient (Wildman–Crippen LogP) is 1.88. The molecule has 0 saturated carbocycles. The number of halogens is 1. The molecule has 0 amide bonds. The molecule has 1 unspecified atom stereocenters. The van der Waals surface area contributed by atoms with Crippen molar-refractivity contribution in [3.05, 3.63) is 24.3 Å². The lowest BCUT2D eigenvalue weighted by Crippen LogP contribution is -2.40. The number of nitrogens with one attached hydrogen (secondary N) is 2. The number of ether oxygens (including phenoxy) is 2. The molecular formula is C13H22IN3O2. The molecular weight excluding hydrogens is 357 g/mol. The zero-order chi connectivity index (χ0) is 13.4. The Kier molecular flexibility index (Phi) is 9.11. The Balaban J connectivity index is 0.00000324. The van der Waals surface area contributed by atoms with Crippen LogP contribution in [0.5, 0.6) is 11.5 Å². The maximum atomic E-state index is 5.77. The summed E-state index contributed by atoms with van der Waals surface area (Å²) in [5, 5.41) is 6.10. The first-order valence-electron chi connectivity index (χ1n) is 5.88. The fourth-order valence-corrected chi connectivity index (χ4v) is 1.47. The van der Waals surface area contributed by atoms with E-state index in [0.29, 0.717) is 6.54 Å². The maximum Gasteiger partial charge on any atom is 0.190 e. The molecule has 0 saturated heterocycles. The molecule has 0 aromatic heterocycles. The average molecular weight is 379 g/mol. The van der Waals surface area contributed by atoms with Crippen molar-refractivity contribution in [2.45, 2.75) is 13.0 Å². The van der Waals surface area contributed by atoms with Gasteiger partial charge in [-0.25, -0.2) is 0 Å². The van der Waals surface area contributed by atoms with Gasteiger partial charge in [0.05, 0.1) is 13.7 Å². The van der Waals surface area contributed by atoms with E-state index in [1.54, 1.807) is 14.2 Å². The molecule has 1 atom stereocenters. The quantitative estimate of drug-likeness (QED) is 0.466. The molecule has 0 aliphatic heterocycles. The lowest BCUT2D eigenvalue weighted by atomic mass is 10.3. The number of hydrogen-bond acceptors (Lipinski definition) is 3. The minimum absolute atomic E-state index is 0. The van der Waals surface area contributed by atoms with Crippen molar-refractivity contribution in [1.82, 2.24) is 10.6 Å². The van der Waals surface area contributed by atoms with Gasteiger partial charge in [-0.3, -0.25) is 4.99 Å². The zero-order valence-corrected chi connectivity index (χ0v) is 14.1. The molecule has 0 aliphatic carbocycles. The number of methoxy groups -OCH3 is 1. The molecule has 0 bridgehead atoms. The lowest BCUT2D eigenvalue weighted by Gasteiger charge is -2.17. The van der Waals surface area contributed by atoms with Crippen molar-refractivity contribution >= 4 is 29.9 Å². The minimum Gasteiger partial charge on any atom is -0.497 e. The monoisotopic (exact) mass is 379 g/mol. The molecule has 19 heavy (non-hydrogen) atoms. The summed E-state index contributed by atoms with van der Waals surface area (Å²) in [7, 11) is 5.19. The Hall–Kier alpha value is -1.18. The van der Waals surface area contributed by atoms with Gasteiger partial charge >= 0.3 is 0 Å². The van der Waals surface area contributed by atoms with Gasteiger partial charge in [0.25, 0.3) is 0 Å². The van der Waals surface area contributed by atoms with E-state index >= 15 is 0 Å². The Labute approximate surface area is 131 Å². The number of benzene rings is 1. The highest BCUT2D eigenvalue weighted by molar-refractivity contribution is 14.0. The van der Waals surface area contributed by atoms with Crippen LogP contribution in [0.2, 0.25) is 0 Å². The van der Waals surface area contributed by atoms with Crippen molar-refractivity contribution in [3.8, 4) is 11.5 Å². The van der Waals surface area contributed by atoms with E-state index in [-0.39, 0.29) is 30.1 Å². The summed E-state index contributed by atoms with van der Waals surface area (Å²) in [5.41, 5.74) is 0. The summed E-state index contributed by atoms with van der Waals surface area (Å²) in [6, 6.07) is 7.56. The number of guanidine groups is 1. The second kappa shape index (κ2) is 9.71. The van der Waals surface area contributed by atoms with Crippen LogP contribution >= 0.6 is 24.0 Å². The van der Waals surface area contributed by atoms with Gasteiger partial charge < -0.3 is 20.1 Å². The fraction of sp³-hybridized carbons (Fsp3) is 0.462. The number of hydrogen-bond donors (Lipinski definition) is 2. The highest BCUT2D eigenvalue weighted by Crippen LogP contribution is 2.19. The predicted molar refractivity (Wildman–Crippen MR) is 88.9 cm³/mol. The highest BCUT2D eigenvalue weighted by atomic mass is 127. The van der Waals surface area contributed by atoms with Gasteiger partial charge in [-0.05, 0) is 19.1 Å². The molecule has 6 heteroatoms. The fourth-order valence-electron chi connectivity index (χ4n) is 1.47. The van der Waals surface area contributed by atoms with Crippen LogP contribution in [0.4, 0.5) is 0 Å². The van der Waals surface area contributed by atoms with Crippen molar-refractivity contribution in [2.75, 3.05) is 27.7 Å². The first-order valence-corrected chi connectivity index (χ1v) is 5.88. The van der Waals surface area contributed by atoms with Gasteiger partial charge in [0, 0.05) is 20.2 Å². The molecule has 0 spiro atoms. The first-order chi connectivity index (χ1) is 8.69. The van der Waals surface area contributed by atoms with Crippen molar-refractivity contribution < 1.29 is 9.47 Å². The Morgan fingerprint density at radius 3 is 2.63 bits per heavy atom. The second-order valence-corrected chi connectivity index (χ2v) is 3.81. The second-order valence-electron chi connectivity index (χ2n) is 3.81. The van der Waals surface area contributed by atoms with E-state index in [2.05, 4.69) is 15.6 Å². The molecule has 108 valence electrons. The van der Waals surface area contributed by atoms with E-state index in [0.717, 1.165) is 17.5 Å². The van der Waals surface area contributed by atoms with Crippen LogP contribution < -0.4 is 20.1 Å². The van der Waals surface area contributed by atoms with Crippen molar-refractivity contribution in [2.24, 2.45) is 4.99 Å². The van der Waals surface area contributed by atoms with E-state index in [9.17, 15) is 0 Å². The summed E-state index contributed by atoms with van der Waals surface area (Å²) < 4.78 is 10.9. The minimum atomic E-state index is 0. The molecule has 0 aliphatic rings. The van der Waals surface area contributed by atoms with Crippen LogP contribution in [0.1, 0.15) is 6.92 Å². The highest BCUT2D eigenvalue weighted by Gasteiger charge is 2.05. The lowest BCUT2D eigenvalue weighted by molar-refractivity contribution is 0.223. The Morgan fingerprint density at radius 2 is 2.05 bits per heavy atom. The molecule has 1 rings (SSSR count). The Bertz CT molecular complexity index is 399. The molecule has 0 radical (unpaired) electrons. The van der Waals surface area contributed by atoms with E-state index in [1.807, 2.05) is 38.2 Å². The third kappa shape index (κ3) is 6.51. The largest absolute Gasteiger partial charge is 0.497 e. The summed E-state index contributed by atoms with van der Waals surface area (Å²) in [6.45, 7) is 2.67. The van der Waals surface area contributed by atoms with E-state index in [1.165, 1.54) is 0 Å². The van der Waals surface area contributed by atoms with Gasteiger partial charge in [-0.2, -0.15) is 0 Å². The molecule has 2 N–H and O–H groups in total. The van der Waals surface area contributed by atoms with Gasteiger partial charge in [-0.15, -0.1) is 24.0 Å². The van der Waals surface area contributed by atoms with Crippen molar-refractivity contribution in [1.29, 1.82) is 0 Å². The summed E-state index contributed by atoms with van der Waals surface area (Å²) >= 11 is 0. The number of rotatable bonds is 5. The van der Waals surface area contributed by atoms with Crippen LogP contribution in [-0.2, 0) is 0 Å². The van der Waals surface area contributed by atoms with Gasteiger partial charge in [0.2, 0.25) is 0 Å². The molecule has 0 fully saturated rings. The Morgan fingerprint density at radius 1 is 1.37 bits per heavy atom. The van der Waals surface area contributed by atoms with Gasteiger partial charge in [-0.1, -0.05) is 6.07 Å². The standard InChI is InChI=1S/C13H21N3O2.HI/c1-10(9-16-13(14-2)15-3)18-12-7-5-6-11(8-12)17-4;/h5-8,10H,9H2,1-4H3,(H2,14,15,16);1H. The first kappa shape index (κ1) is 17.8. The number of nitrogens with zero attached hydrogens (tertiary/aromatic N) is 1. The van der Waals surface area contributed by atoms with E-state index < -0.39 is 0 Å². The van der Waals surface area contributed by atoms with Crippen LogP contribution in [0.15, 0.2) is 29.3 Å². The van der Waals surface area contributed by atoms with Crippen molar-refractivity contribution in [3.63, 3.8) is 0 Å². The normalized spacial score (nSPS) is 12.1. The maximum absolute atomic E-state index is 5.77. The van der Waals surface area contributed by atoms with Gasteiger partial charge in [0.1, 0.15) is 17.6 Å². The summed E-state index contributed by atoms with van der Waals surface area (Å²) in [5.74, 6) is 2.33. The third-order valence-electron chi connectivity index (χ3n) is 2.40. The summed E-state index contributed by atoms with van der Waals surface area (Å²) in [4.78, 5) is 4.03. The molecule has 5 nitrogen and oxygen atoms in total. The summed E-state index contributed by atoms with van der Waals surface area (Å²) in [6.07, 6.45) is 0.0298. The van der Waals surface area contributed by atoms with E-state index in [4.69, 9.17) is 9.47 Å². The van der Waals surface area contributed by atoms with Gasteiger partial charge in [0.15, 0.2) is 5.96 Å². The topological polar surface area (TPSA) is 54.9 Å².